The molecule has 1 aliphatic heterocycles. The molecule has 180 valence electrons. The summed E-state index contributed by atoms with van der Waals surface area (Å²) in [6.45, 7) is 11.1. The van der Waals surface area contributed by atoms with Crippen LogP contribution in [0.2, 0.25) is 0 Å². The van der Waals surface area contributed by atoms with E-state index in [2.05, 4.69) is 91.1 Å². The van der Waals surface area contributed by atoms with Crippen LogP contribution in [0.5, 0.6) is 0 Å². The summed E-state index contributed by atoms with van der Waals surface area (Å²) in [4.78, 5) is 23.9. The minimum Gasteiger partial charge on any atom is -0.447 e. The van der Waals surface area contributed by atoms with Crippen molar-refractivity contribution >= 4 is 5.91 Å². The molecule has 2 aromatic carbocycles. The third-order valence-corrected chi connectivity index (χ3v) is 6.76. The zero-order valence-electron chi connectivity index (χ0n) is 20.8. The highest BCUT2D eigenvalue weighted by molar-refractivity contribution is 5.92. The SMILES string of the molecule is CC(C)c1ccc(CN(Cc2nc(C(=O)N3CCN(C)CC3)co2)C(C)c2ccccc2)cc1. The van der Waals surface area contributed by atoms with Crippen molar-refractivity contribution in [3.8, 4) is 0 Å². The lowest BCUT2D eigenvalue weighted by atomic mass is 10.0. The van der Waals surface area contributed by atoms with Crippen molar-refractivity contribution in [1.82, 2.24) is 19.7 Å². The number of aromatic nitrogens is 1. The first-order valence-electron chi connectivity index (χ1n) is 12.2. The topological polar surface area (TPSA) is 52.8 Å². The lowest BCUT2D eigenvalue weighted by Crippen LogP contribution is -2.47. The fraction of sp³-hybridized carbons (Fsp3) is 0.429. The van der Waals surface area contributed by atoms with Crippen LogP contribution in [-0.2, 0) is 13.1 Å². The fourth-order valence-electron chi connectivity index (χ4n) is 4.34. The number of nitrogens with zero attached hydrogens (tertiary/aromatic N) is 4. The van der Waals surface area contributed by atoms with Gasteiger partial charge in [0.05, 0.1) is 6.54 Å². The Morgan fingerprint density at radius 2 is 1.62 bits per heavy atom. The summed E-state index contributed by atoms with van der Waals surface area (Å²) >= 11 is 0. The van der Waals surface area contributed by atoms with Gasteiger partial charge in [-0.1, -0.05) is 68.4 Å². The molecule has 1 amide bonds. The monoisotopic (exact) mass is 460 g/mol. The molecule has 1 atom stereocenters. The summed E-state index contributed by atoms with van der Waals surface area (Å²) in [6.07, 6.45) is 1.51. The Labute approximate surface area is 203 Å². The number of carbonyl (C=O) groups is 1. The Kier molecular flexibility index (Phi) is 7.80. The van der Waals surface area contributed by atoms with Gasteiger partial charge in [0.1, 0.15) is 6.26 Å². The van der Waals surface area contributed by atoms with Gasteiger partial charge in [-0.05, 0) is 36.6 Å². The van der Waals surface area contributed by atoms with Crippen LogP contribution in [0, 0.1) is 0 Å². The van der Waals surface area contributed by atoms with Crippen molar-refractivity contribution < 1.29 is 9.21 Å². The molecule has 0 aliphatic carbocycles. The zero-order valence-corrected chi connectivity index (χ0v) is 20.8. The molecule has 6 nitrogen and oxygen atoms in total. The molecule has 3 aromatic rings. The molecule has 2 heterocycles. The average Bonchev–Trinajstić information content (AvgIpc) is 3.32. The van der Waals surface area contributed by atoms with Gasteiger partial charge >= 0.3 is 0 Å². The van der Waals surface area contributed by atoms with Gasteiger partial charge in [-0.3, -0.25) is 9.69 Å². The number of amides is 1. The van der Waals surface area contributed by atoms with Gasteiger partial charge < -0.3 is 14.2 Å². The number of carbonyl (C=O) groups excluding carboxylic acids is 1. The van der Waals surface area contributed by atoms with E-state index in [9.17, 15) is 4.79 Å². The minimum absolute atomic E-state index is 0.0463. The van der Waals surface area contributed by atoms with Gasteiger partial charge in [-0.15, -0.1) is 0 Å². The van der Waals surface area contributed by atoms with Crippen LogP contribution in [0.25, 0.3) is 0 Å². The second-order valence-electron chi connectivity index (χ2n) is 9.61. The van der Waals surface area contributed by atoms with E-state index < -0.39 is 0 Å². The third-order valence-electron chi connectivity index (χ3n) is 6.76. The van der Waals surface area contributed by atoms with E-state index in [0.29, 0.717) is 24.0 Å². The van der Waals surface area contributed by atoms with Gasteiger partial charge in [0.2, 0.25) is 5.89 Å². The molecule has 0 saturated carbocycles. The quantitative estimate of drug-likeness (QED) is 0.476. The second-order valence-corrected chi connectivity index (χ2v) is 9.61. The van der Waals surface area contributed by atoms with Crippen LogP contribution in [0.15, 0.2) is 65.3 Å². The number of hydrogen-bond acceptors (Lipinski definition) is 5. The molecule has 34 heavy (non-hydrogen) atoms. The highest BCUT2D eigenvalue weighted by Crippen LogP contribution is 2.25. The number of likely N-dealkylation sites (N-methyl/N-ethyl adjacent to an activating group) is 1. The Hall–Kier alpha value is -2.96. The van der Waals surface area contributed by atoms with Crippen molar-refractivity contribution in [1.29, 1.82) is 0 Å². The molecular weight excluding hydrogens is 424 g/mol. The van der Waals surface area contributed by atoms with Gasteiger partial charge in [0.15, 0.2) is 5.69 Å². The lowest BCUT2D eigenvalue weighted by molar-refractivity contribution is 0.0658. The van der Waals surface area contributed by atoms with E-state index in [1.807, 2.05) is 11.0 Å². The Morgan fingerprint density at radius 1 is 0.941 bits per heavy atom. The van der Waals surface area contributed by atoms with Crippen molar-refractivity contribution in [2.45, 2.75) is 45.8 Å². The van der Waals surface area contributed by atoms with E-state index in [4.69, 9.17) is 4.42 Å². The molecular formula is C28H36N4O2. The molecule has 6 heteroatoms. The van der Waals surface area contributed by atoms with Crippen molar-refractivity contribution in [3.63, 3.8) is 0 Å². The molecule has 0 N–H and O–H groups in total. The summed E-state index contributed by atoms with van der Waals surface area (Å²) in [6, 6.07) is 19.5. The summed E-state index contributed by atoms with van der Waals surface area (Å²) in [5, 5.41) is 0. The van der Waals surface area contributed by atoms with Crippen LogP contribution in [0.3, 0.4) is 0 Å². The van der Waals surface area contributed by atoms with Crippen LogP contribution >= 0.6 is 0 Å². The normalized spacial score (nSPS) is 15.8. The summed E-state index contributed by atoms with van der Waals surface area (Å²) in [5.74, 6) is 1.03. The van der Waals surface area contributed by atoms with Crippen LogP contribution < -0.4 is 0 Å². The van der Waals surface area contributed by atoms with Crippen molar-refractivity contribution in [3.05, 3.63) is 89.1 Å². The largest absolute Gasteiger partial charge is 0.447 e. The standard InChI is InChI=1S/C28H36N4O2/c1-21(2)24-12-10-23(11-13-24)18-32(22(3)25-8-6-5-7-9-25)19-27-29-26(20-34-27)28(33)31-16-14-30(4)15-17-31/h5-13,20-22H,14-19H2,1-4H3. The average molecular weight is 461 g/mol. The van der Waals surface area contributed by atoms with Crippen LogP contribution in [0.4, 0.5) is 0 Å². The van der Waals surface area contributed by atoms with Crippen molar-refractivity contribution in [2.24, 2.45) is 0 Å². The first-order valence-corrected chi connectivity index (χ1v) is 12.2. The Bertz CT molecular complexity index is 1050. The Balaban J connectivity index is 1.50. The summed E-state index contributed by atoms with van der Waals surface area (Å²) in [5.41, 5.74) is 4.22. The predicted octanol–water partition coefficient (Wildman–Crippen LogP) is 4.95. The predicted molar refractivity (Wildman–Crippen MR) is 135 cm³/mol. The van der Waals surface area contributed by atoms with E-state index in [1.54, 1.807) is 0 Å². The molecule has 1 aromatic heterocycles. The zero-order chi connectivity index (χ0) is 24.1. The van der Waals surface area contributed by atoms with E-state index in [1.165, 1.54) is 23.0 Å². The number of piperazine rings is 1. The van der Waals surface area contributed by atoms with E-state index in [-0.39, 0.29) is 11.9 Å². The molecule has 1 saturated heterocycles. The van der Waals surface area contributed by atoms with E-state index in [0.717, 1.165) is 32.7 Å². The number of oxazole rings is 1. The maximum absolute atomic E-state index is 12.9. The molecule has 1 unspecified atom stereocenters. The number of rotatable bonds is 8. The molecule has 1 fully saturated rings. The fourth-order valence-corrected chi connectivity index (χ4v) is 4.34. The molecule has 1 aliphatic rings. The first-order chi connectivity index (χ1) is 16.4. The maximum atomic E-state index is 12.9. The second kappa shape index (κ2) is 11.0. The van der Waals surface area contributed by atoms with Crippen molar-refractivity contribution in [2.75, 3.05) is 33.2 Å². The number of benzene rings is 2. The van der Waals surface area contributed by atoms with E-state index >= 15 is 0 Å². The minimum atomic E-state index is -0.0463. The number of hydrogen-bond donors (Lipinski definition) is 0. The van der Waals surface area contributed by atoms with Gasteiger partial charge in [0, 0.05) is 38.8 Å². The van der Waals surface area contributed by atoms with Gasteiger partial charge in [-0.25, -0.2) is 4.98 Å². The molecule has 4 rings (SSSR count). The van der Waals surface area contributed by atoms with Gasteiger partial charge in [-0.2, -0.15) is 0 Å². The highest BCUT2D eigenvalue weighted by Gasteiger charge is 2.24. The lowest BCUT2D eigenvalue weighted by Gasteiger charge is -2.31. The summed E-state index contributed by atoms with van der Waals surface area (Å²) < 4.78 is 5.79. The first kappa shape index (κ1) is 24.2. The summed E-state index contributed by atoms with van der Waals surface area (Å²) in [7, 11) is 2.08. The molecule has 0 radical (unpaired) electrons. The molecule has 0 bridgehead atoms. The third kappa shape index (κ3) is 5.93. The highest BCUT2D eigenvalue weighted by atomic mass is 16.3. The smallest absolute Gasteiger partial charge is 0.275 e. The molecule has 0 spiro atoms. The van der Waals surface area contributed by atoms with Crippen LogP contribution in [-0.4, -0.2) is 58.8 Å². The Morgan fingerprint density at radius 3 is 2.26 bits per heavy atom. The van der Waals surface area contributed by atoms with Crippen LogP contribution in [0.1, 0.15) is 65.8 Å². The maximum Gasteiger partial charge on any atom is 0.275 e. The van der Waals surface area contributed by atoms with Gasteiger partial charge in [0.25, 0.3) is 5.91 Å².